The largest absolute Gasteiger partial charge is 0.384 e. The molecule has 0 heterocycles. The van der Waals surface area contributed by atoms with Gasteiger partial charge >= 0.3 is 0 Å². The molecule has 6 heteroatoms. The third-order valence-electron chi connectivity index (χ3n) is 2.48. The summed E-state index contributed by atoms with van der Waals surface area (Å²) < 4.78 is 23.2. The zero-order valence-electron chi connectivity index (χ0n) is 10.5. The smallest absolute Gasteiger partial charge is 0.124 e. The van der Waals surface area contributed by atoms with E-state index in [1.54, 1.807) is 20.3 Å². The molecule has 1 aromatic carbocycles. The molecule has 0 bridgehead atoms. The van der Waals surface area contributed by atoms with Crippen molar-refractivity contribution in [1.82, 2.24) is 0 Å². The minimum Gasteiger partial charge on any atom is -0.384 e. The Balaban J connectivity index is 2.74. The van der Waals surface area contributed by atoms with Crippen molar-refractivity contribution in [2.24, 2.45) is 5.73 Å². The summed E-state index contributed by atoms with van der Waals surface area (Å²) in [4.78, 5) is 0. The Morgan fingerprint density at radius 2 is 2.22 bits per heavy atom. The predicted molar refractivity (Wildman–Crippen MR) is 68.6 cm³/mol. The quantitative estimate of drug-likeness (QED) is 0.505. The van der Waals surface area contributed by atoms with E-state index >= 15 is 0 Å². The third-order valence-corrected chi connectivity index (χ3v) is 2.48. The van der Waals surface area contributed by atoms with E-state index in [0.717, 1.165) is 0 Å². The van der Waals surface area contributed by atoms with Gasteiger partial charge in [0, 0.05) is 32.0 Å². The van der Waals surface area contributed by atoms with Gasteiger partial charge < -0.3 is 20.5 Å². The fourth-order valence-electron chi connectivity index (χ4n) is 1.51. The number of anilines is 1. The second-order valence-corrected chi connectivity index (χ2v) is 3.80. The second-order valence-electron chi connectivity index (χ2n) is 3.80. The molecule has 1 atom stereocenters. The number of nitrogens with two attached hydrogens (primary N) is 1. The fraction of sp³-hybridized carbons (Fsp3) is 0.417. The van der Waals surface area contributed by atoms with E-state index in [-0.39, 0.29) is 11.9 Å². The molecule has 0 amide bonds. The molecule has 0 aromatic heterocycles. The van der Waals surface area contributed by atoms with Crippen molar-refractivity contribution >= 4 is 11.5 Å². The lowest BCUT2D eigenvalue weighted by Crippen LogP contribution is -2.27. The van der Waals surface area contributed by atoms with Crippen molar-refractivity contribution < 1.29 is 13.9 Å². The number of benzene rings is 1. The Bertz CT molecular complexity index is 412. The van der Waals surface area contributed by atoms with Crippen LogP contribution in [0.4, 0.5) is 10.1 Å². The molecule has 0 aliphatic heterocycles. The maximum atomic E-state index is 13.1. The zero-order chi connectivity index (χ0) is 13.5. The number of halogens is 1. The molecule has 0 saturated carbocycles. The van der Waals surface area contributed by atoms with Crippen LogP contribution in [0.25, 0.3) is 0 Å². The summed E-state index contributed by atoms with van der Waals surface area (Å²) in [5, 5.41) is 10.5. The van der Waals surface area contributed by atoms with Gasteiger partial charge in [-0.15, -0.1) is 0 Å². The first-order valence-corrected chi connectivity index (χ1v) is 5.48. The van der Waals surface area contributed by atoms with Crippen molar-refractivity contribution in [3.63, 3.8) is 0 Å². The number of nitrogens with one attached hydrogen (secondary N) is 2. The molecule has 0 aliphatic rings. The van der Waals surface area contributed by atoms with E-state index in [9.17, 15) is 4.39 Å². The monoisotopic (exact) mass is 255 g/mol. The average molecular weight is 255 g/mol. The standard InChI is InChI=1S/C12H18FN3O2/c1-17-7-9(18-2)6-16-11-4-3-8(13)5-10(11)12(14)15/h3-5,9,16H,6-7H2,1-2H3,(H3,14,15). The van der Waals surface area contributed by atoms with Crippen LogP contribution in [0.15, 0.2) is 18.2 Å². The van der Waals surface area contributed by atoms with Crippen molar-refractivity contribution in [2.45, 2.75) is 6.10 Å². The Labute approximate surface area is 106 Å². The number of nitrogen functional groups attached to an aromatic ring is 1. The molecule has 0 spiro atoms. The highest BCUT2D eigenvalue weighted by Gasteiger charge is 2.10. The molecule has 1 aromatic rings. The third kappa shape index (κ3) is 3.97. The van der Waals surface area contributed by atoms with Crippen molar-refractivity contribution in [2.75, 3.05) is 32.7 Å². The molecule has 0 aliphatic carbocycles. The van der Waals surface area contributed by atoms with Gasteiger partial charge in [-0.25, -0.2) is 4.39 Å². The number of amidine groups is 1. The molecular formula is C12H18FN3O2. The van der Waals surface area contributed by atoms with E-state index in [2.05, 4.69) is 5.32 Å². The van der Waals surface area contributed by atoms with Crippen LogP contribution in [0, 0.1) is 11.2 Å². The number of ether oxygens (including phenoxy) is 2. The first kappa shape index (κ1) is 14.4. The summed E-state index contributed by atoms with van der Waals surface area (Å²) >= 11 is 0. The van der Waals surface area contributed by atoms with Gasteiger partial charge in [0.2, 0.25) is 0 Å². The topological polar surface area (TPSA) is 80.4 Å². The van der Waals surface area contributed by atoms with Gasteiger partial charge in [-0.3, -0.25) is 5.41 Å². The summed E-state index contributed by atoms with van der Waals surface area (Å²) in [6.07, 6.45) is -0.125. The average Bonchev–Trinajstić information content (AvgIpc) is 2.35. The minimum absolute atomic E-state index is 0.125. The van der Waals surface area contributed by atoms with Gasteiger partial charge in [0.1, 0.15) is 11.7 Å². The summed E-state index contributed by atoms with van der Waals surface area (Å²) in [7, 11) is 3.17. The van der Waals surface area contributed by atoms with Gasteiger partial charge in [0.05, 0.1) is 12.7 Å². The normalized spacial score (nSPS) is 12.2. The van der Waals surface area contributed by atoms with Gasteiger partial charge in [-0.2, -0.15) is 0 Å². The number of hydrogen-bond acceptors (Lipinski definition) is 4. The molecule has 1 unspecified atom stereocenters. The lowest BCUT2D eigenvalue weighted by Gasteiger charge is -2.17. The first-order chi connectivity index (χ1) is 8.58. The SMILES string of the molecule is COCC(CNc1ccc(F)cc1C(=N)N)OC. The van der Waals surface area contributed by atoms with E-state index < -0.39 is 5.82 Å². The summed E-state index contributed by atoms with van der Waals surface area (Å²) in [5.41, 5.74) is 6.34. The predicted octanol–water partition coefficient (Wildman–Crippen LogP) is 1.18. The van der Waals surface area contributed by atoms with Crippen LogP contribution in [0.3, 0.4) is 0 Å². The van der Waals surface area contributed by atoms with Crippen LogP contribution in [0.5, 0.6) is 0 Å². The van der Waals surface area contributed by atoms with Crippen LogP contribution < -0.4 is 11.1 Å². The maximum absolute atomic E-state index is 13.1. The molecule has 4 N–H and O–H groups in total. The minimum atomic E-state index is -0.425. The highest BCUT2D eigenvalue weighted by atomic mass is 19.1. The van der Waals surface area contributed by atoms with Gasteiger partial charge in [0.15, 0.2) is 0 Å². The van der Waals surface area contributed by atoms with Gasteiger partial charge in [-0.1, -0.05) is 0 Å². The molecule has 100 valence electrons. The maximum Gasteiger partial charge on any atom is 0.124 e. The first-order valence-electron chi connectivity index (χ1n) is 5.48. The molecule has 0 saturated heterocycles. The highest BCUT2D eigenvalue weighted by Crippen LogP contribution is 2.16. The van der Waals surface area contributed by atoms with Crippen LogP contribution in [0.1, 0.15) is 5.56 Å². The Hall–Kier alpha value is -1.66. The second kappa shape index (κ2) is 6.93. The van der Waals surface area contributed by atoms with Crippen molar-refractivity contribution in [1.29, 1.82) is 5.41 Å². The lowest BCUT2D eigenvalue weighted by molar-refractivity contribution is 0.0365. The number of hydrogen-bond donors (Lipinski definition) is 3. The Kier molecular flexibility index (Phi) is 5.54. The lowest BCUT2D eigenvalue weighted by atomic mass is 10.1. The van der Waals surface area contributed by atoms with E-state index in [4.69, 9.17) is 20.6 Å². The molecule has 1 rings (SSSR count). The van der Waals surface area contributed by atoms with E-state index in [0.29, 0.717) is 24.4 Å². The van der Waals surface area contributed by atoms with E-state index in [1.807, 2.05) is 0 Å². The highest BCUT2D eigenvalue weighted by molar-refractivity contribution is 6.00. The van der Waals surface area contributed by atoms with E-state index in [1.165, 1.54) is 12.1 Å². The summed E-state index contributed by atoms with van der Waals surface area (Å²) in [6.45, 7) is 0.927. The number of rotatable bonds is 7. The number of methoxy groups -OCH3 is 2. The molecule has 0 radical (unpaired) electrons. The molecule has 5 nitrogen and oxygen atoms in total. The molecule has 0 fully saturated rings. The summed E-state index contributed by atoms with van der Waals surface area (Å²) in [5.74, 6) is -0.608. The van der Waals surface area contributed by atoms with Crippen LogP contribution in [0.2, 0.25) is 0 Å². The summed E-state index contributed by atoms with van der Waals surface area (Å²) in [6, 6.07) is 4.08. The van der Waals surface area contributed by atoms with Crippen molar-refractivity contribution in [3.05, 3.63) is 29.6 Å². The Morgan fingerprint density at radius 3 is 2.78 bits per heavy atom. The Morgan fingerprint density at radius 1 is 1.50 bits per heavy atom. The molecule has 18 heavy (non-hydrogen) atoms. The van der Waals surface area contributed by atoms with Gasteiger partial charge in [0.25, 0.3) is 0 Å². The zero-order valence-corrected chi connectivity index (χ0v) is 10.5. The van der Waals surface area contributed by atoms with Crippen LogP contribution >= 0.6 is 0 Å². The van der Waals surface area contributed by atoms with Crippen molar-refractivity contribution in [3.8, 4) is 0 Å². The van der Waals surface area contributed by atoms with Gasteiger partial charge in [-0.05, 0) is 18.2 Å². The fourth-order valence-corrected chi connectivity index (χ4v) is 1.51. The van der Waals surface area contributed by atoms with Crippen LogP contribution in [-0.4, -0.2) is 39.3 Å². The van der Waals surface area contributed by atoms with Crippen LogP contribution in [-0.2, 0) is 9.47 Å². The molecular weight excluding hydrogens is 237 g/mol.